The topological polar surface area (TPSA) is 116 Å². The number of halogens is 1. The molecular formula is C16H23ClN2O6S. The number of carbonyl (C=O) groups is 2. The van der Waals surface area contributed by atoms with Gasteiger partial charge in [0.15, 0.2) is 0 Å². The Morgan fingerprint density at radius 3 is 2.12 bits per heavy atom. The van der Waals surface area contributed by atoms with Gasteiger partial charge in [-0.15, -0.1) is 12.4 Å². The van der Waals surface area contributed by atoms with E-state index in [0.29, 0.717) is 13.0 Å². The van der Waals surface area contributed by atoms with Crippen LogP contribution in [-0.2, 0) is 19.5 Å². The van der Waals surface area contributed by atoms with Crippen molar-refractivity contribution in [1.29, 1.82) is 0 Å². The Balaban J connectivity index is 0.00000338. The molecule has 1 atom stereocenters. The Morgan fingerprint density at radius 2 is 1.65 bits per heavy atom. The molecule has 1 heterocycles. The summed E-state index contributed by atoms with van der Waals surface area (Å²) in [5.41, 5.74) is 5.64. The van der Waals surface area contributed by atoms with Gasteiger partial charge in [0, 0.05) is 19.1 Å². The van der Waals surface area contributed by atoms with Gasteiger partial charge in [-0.05, 0) is 31.0 Å². The van der Waals surface area contributed by atoms with Crippen LogP contribution in [0.4, 0.5) is 0 Å². The molecule has 1 aliphatic rings. The van der Waals surface area contributed by atoms with Crippen molar-refractivity contribution < 1.29 is 27.5 Å². The van der Waals surface area contributed by atoms with Gasteiger partial charge in [0.05, 0.1) is 30.2 Å². The van der Waals surface area contributed by atoms with Crippen LogP contribution in [0.25, 0.3) is 0 Å². The second-order valence-corrected chi connectivity index (χ2v) is 7.62. The highest BCUT2D eigenvalue weighted by Crippen LogP contribution is 2.26. The highest BCUT2D eigenvalue weighted by molar-refractivity contribution is 7.89. The smallest absolute Gasteiger partial charge is 0.337 e. The largest absolute Gasteiger partial charge is 0.465 e. The number of methoxy groups -OCH3 is 2. The predicted octanol–water partition coefficient (Wildman–Crippen LogP) is 1.18. The Morgan fingerprint density at radius 1 is 1.12 bits per heavy atom. The van der Waals surface area contributed by atoms with Gasteiger partial charge in [0.25, 0.3) is 0 Å². The third-order valence-electron chi connectivity index (χ3n) is 4.20. The SMILES string of the molecule is COC(=O)c1cc(C(=O)OC)cc(S(=O)(=O)N2CCCCC2CN)c1.Cl. The number of piperidine rings is 1. The molecule has 1 unspecified atom stereocenters. The molecule has 8 nitrogen and oxygen atoms in total. The van der Waals surface area contributed by atoms with Gasteiger partial charge in [-0.1, -0.05) is 6.42 Å². The van der Waals surface area contributed by atoms with Crippen molar-refractivity contribution in [3.05, 3.63) is 29.3 Å². The lowest BCUT2D eigenvalue weighted by Crippen LogP contribution is -2.47. The second-order valence-electron chi connectivity index (χ2n) is 5.73. The number of nitrogens with two attached hydrogens (primary N) is 1. The number of nitrogens with zero attached hydrogens (tertiary/aromatic N) is 1. The predicted molar refractivity (Wildman–Crippen MR) is 97.0 cm³/mol. The minimum absolute atomic E-state index is 0. The number of hydrogen-bond donors (Lipinski definition) is 1. The highest BCUT2D eigenvalue weighted by Gasteiger charge is 2.33. The highest BCUT2D eigenvalue weighted by atomic mass is 35.5. The summed E-state index contributed by atoms with van der Waals surface area (Å²) in [5.74, 6) is -1.48. The average Bonchev–Trinajstić information content (AvgIpc) is 2.66. The summed E-state index contributed by atoms with van der Waals surface area (Å²) in [6.07, 6.45) is 2.32. The molecule has 0 radical (unpaired) electrons. The van der Waals surface area contributed by atoms with Crippen molar-refractivity contribution in [2.45, 2.75) is 30.2 Å². The average molecular weight is 407 g/mol. The number of sulfonamides is 1. The first kappa shape index (κ1) is 22.4. The number of benzene rings is 1. The van der Waals surface area contributed by atoms with Crippen LogP contribution < -0.4 is 5.73 Å². The van der Waals surface area contributed by atoms with Crippen molar-refractivity contribution in [1.82, 2.24) is 4.31 Å². The van der Waals surface area contributed by atoms with Gasteiger partial charge in [-0.2, -0.15) is 4.31 Å². The lowest BCUT2D eigenvalue weighted by Gasteiger charge is -2.34. The summed E-state index contributed by atoms with van der Waals surface area (Å²) in [6.45, 7) is 0.556. The van der Waals surface area contributed by atoms with E-state index in [-0.39, 0.29) is 41.0 Å². The van der Waals surface area contributed by atoms with Gasteiger partial charge in [-0.3, -0.25) is 0 Å². The number of esters is 2. The van der Waals surface area contributed by atoms with Gasteiger partial charge in [0.1, 0.15) is 0 Å². The zero-order valence-corrected chi connectivity index (χ0v) is 16.3. The third-order valence-corrected chi connectivity index (χ3v) is 6.13. The van der Waals surface area contributed by atoms with Crippen LogP contribution in [0.2, 0.25) is 0 Å². The third kappa shape index (κ3) is 4.53. The summed E-state index contributed by atoms with van der Waals surface area (Å²) < 4.78 is 36.7. The van der Waals surface area contributed by atoms with Crippen LogP contribution in [0.3, 0.4) is 0 Å². The van der Waals surface area contributed by atoms with Gasteiger partial charge < -0.3 is 15.2 Å². The van der Waals surface area contributed by atoms with Crippen LogP contribution in [-0.4, -0.2) is 58.0 Å². The molecule has 1 aromatic carbocycles. The van der Waals surface area contributed by atoms with Gasteiger partial charge >= 0.3 is 11.9 Å². The first-order chi connectivity index (χ1) is 11.8. The second kappa shape index (κ2) is 9.31. The normalized spacial score (nSPS) is 17.9. The number of carbonyl (C=O) groups excluding carboxylic acids is 2. The van der Waals surface area contributed by atoms with Crippen LogP contribution in [0, 0.1) is 0 Å². The molecule has 1 saturated heterocycles. The fraction of sp³-hybridized carbons (Fsp3) is 0.500. The quantitative estimate of drug-likeness (QED) is 0.730. The Kier molecular flexibility index (Phi) is 8.01. The van der Waals surface area contributed by atoms with E-state index in [0.717, 1.165) is 12.8 Å². The van der Waals surface area contributed by atoms with E-state index < -0.39 is 22.0 Å². The molecule has 1 fully saturated rings. The summed E-state index contributed by atoms with van der Waals surface area (Å²) in [7, 11) is -1.56. The van der Waals surface area contributed by atoms with E-state index in [1.165, 1.54) is 36.7 Å². The van der Waals surface area contributed by atoms with Crippen LogP contribution in [0.1, 0.15) is 40.0 Å². The van der Waals surface area contributed by atoms with Gasteiger partial charge in [-0.25, -0.2) is 18.0 Å². The minimum Gasteiger partial charge on any atom is -0.465 e. The molecule has 0 bridgehead atoms. The van der Waals surface area contributed by atoms with Crippen molar-refractivity contribution in [3.8, 4) is 0 Å². The lowest BCUT2D eigenvalue weighted by atomic mass is 10.1. The van der Waals surface area contributed by atoms with E-state index in [1.54, 1.807) is 0 Å². The number of rotatable bonds is 5. The minimum atomic E-state index is -3.91. The molecule has 0 saturated carbocycles. The maximum absolute atomic E-state index is 13.0. The molecule has 10 heteroatoms. The zero-order valence-electron chi connectivity index (χ0n) is 14.6. The Labute approximate surface area is 159 Å². The standard InChI is InChI=1S/C16H22N2O6S.ClH/c1-23-15(19)11-7-12(16(20)24-2)9-14(8-11)25(21,22)18-6-4-3-5-13(18)10-17;/h7-9,13H,3-6,10,17H2,1-2H3;1H. The van der Waals surface area contributed by atoms with E-state index in [2.05, 4.69) is 9.47 Å². The monoisotopic (exact) mass is 406 g/mol. The van der Waals surface area contributed by atoms with Crippen molar-refractivity contribution >= 4 is 34.4 Å². The molecule has 2 N–H and O–H groups in total. The zero-order chi connectivity index (χ0) is 18.6. The van der Waals surface area contributed by atoms with E-state index in [9.17, 15) is 18.0 Å². The van der Waals surface area contributed by atoms with Crippen molar-refractivity contribution in [2.75, 3.05) is 27.3 Å². The number of ether oxygens (including phenoxy) is 2. The Bertz CT molecular complexity index is 734. The fourth-order valence-corrected chi connectivity index (χ4v) is 4.66. The number of hydrogen-bond acceptors (Lipinski definition) is 7. The molecule has 2 rings (SSSR count). The molecule has 1 aliphatic heterocycles. The maximum atomic E-state index is 13.0. The summed E-state index contributed by atoms with van der Waals surface area (Å²) in [6, 6.07) is 3.35. The molecule has 0 amide bonds. The molecule has 146 valence electrons. The fourth-order valence-electron chi connectivity index (χ4n) is 2.88. The van der Waals surface area contributed by atoms with Crippen molar-refractivity contribution in [2.24, 2.45) is 5.73 Å². The first-order valence-corrected chi connectivity index (χ1v) is 9.32. The van der Waals surface area contributed by atoms with E-state index >= 15 is 0 Å². The summed E-state index contributed by atoms with van der Waals surface area (Å²) in [4.78, 5) is 23.5. The molecule has 0 aliphatic carbocycles. The molecule has 0 spiro atoms. The molecule has 1 aromatic rings. The summed E-state index contributed by atoms with van der Waals surface area (Å²) >= 11 is 0. The van der Waals surface area contributed by atoms with Crippen molar-refractivity contribution in [3.63, 3.8) is 0 Å². The van der Waals surface area contributed by atoms with Gasteiger partial charge in [0.2, 0.25) is 10.0 Å². The first-order valence-electron chi connectivity index (χ1n) is 7.88. The summed E-state index contributed by atoms with van der Waals surface area (Å²) in [5, 5.41) is 0. The molecule has 26 heavy (non-hydrogen) atoms. The van der Waals surface area contributed by atoms with Crippen LogP contribution in [0.5, 0.6) is 0 Å². The molecular weight excluding hydrogens is 384 g/mol. The maximum Gasteiger partial charge on any atom is 0.337 e. The van der Waals surface area contributed by atoms with E-state index in [1.807, 2.05) is 0 Å². The van der Waals surface area contributed by atoms with E-state index in [4.69, 9.17) is 5.73 Å². The Hall–Kier alpha value is -1.68. The van der Waals surface area contributed by atoms with Crippen LogP contribution in [0.15, 0.2) is 23.1 Å². The lowest BCUT2D eigenvalue weighted by molar-refractivity contribution is 0.0598. The molecule has 0 aromatic heterocycles. The van der Waals surface area contributed by atoms with Crippen LogP contribution >= 0.6 is 12.4 Å².